The summed E-state index contributed by atoms with van der Waals surface area (Å²) in [4.78, 5) is 7.66. The van der Waals surface area contributed by atoms with Crippen LogP contribution in [0.4, 0.5) is 5.00 Å². The molecule has 2 aromatic heterocycles. The molecule has 0 amide bonds. The molecule has 1 aromatic carbocycles. The van der Waals surface area contributed by atoms with Gasteiger partial charge >= 0.3 is 0 Å². The maximum absolute atomic E-state index is 9.41. The average Bonchev–Trinajstić information content (AvgIpc) is 2.83. The van der Waals surface area contributed by atoms with Crippen LogP contribution in [0.2, 0.25) is 0 Å². The van der Waals surface area contributed by atoms with Crippen LogP contribution in [0.15, 0.2) is 24.3 Å². The van der Waals surface area contributed by atoms with Crippen molar-refractivity contribution in [3.8, 4) is 16.5 Å². The van der Waals surface area contributed by atoms with Gasteiger partial charge in [-0.3, -0.25) is 0 Å². The molecule has 0 atom stereocenters. The van der Waals surface area contributed by atoms with Crippen LogP contribution in [0, 0.1) is 6.92 Å². The van der Waals surface area contributed by atoms with Crippen molar-refractivity contribution in [2.45, 2.75) is 6.92 Å². The van der Waals surface area contributed by atoms with E-state index in [0.29, 0.717) is 0 Å². The molecule has 0 spiro atoms. The van der Waals surface area contributed by atoms with E-state index in [1.54, 1.807) is 12.1 Å². The maximum atomic E-state index is 9.41. The van der Waals surface area contributed by atoms with E-state index in [4.69, 9.17) is 5.73 Å². The molecule has 2 heterocycles. The summed E-state index contributed by atoms with van der Waals surface area (Å²) < 4.78 is 0. The van der Waals surface area contributed by atoms with Crippen molar-refractivity contribution in [3.05, 3.63) is 30.0 Å². The summed E-state index contributed by atoms with van der Waals surface area (Å²) in [5.41, 5.74) is 8.55. The van der Waals surface area contributed by atoms with E-state index in [0.717, 1.165) is 32.3 Å². The van der Waals surface area contributed by atoms with E-state index in [1.807, 2.05) is 19.1 Å². The lowest BCUT2D eigenvalue weighted by Crippen LogP contribution is -1.81. The van der Waals surface area contributed by atoms with Crippen LogP contribution in [-0.4, -0.2) is 15.1 Å². The monoisotopic (exact) mass is 245 g/mol. The number of rotatable bonds is 1. The lowest BCUT2D eigenvalue weighted by atomic mass is 10.2. The number of nitrogens with one attached hydrogen (secondary N) is 1. The first kappa shape index (κ1) is 10.2. The first-order valence-corrected chi connectivity index (χ1v) is 6.00. The van der Waals surface area contributed by atoms with Gasteiger partial charge in [0.25, 0.3) is 0 Å². The second-order valence-corrected chi connectivity index (χ2v) is 4.95. The van der Waals surface area contributed by atoms with Crippen molar-refractivity contribution in [2.24, 2.45) is 0 Å². The number of thiazole rings is 1. The zero-order chi connectivity index (χ0) is 12.0. The van der Waals surface area contributed by atoms with Crippen molar-refractivity contribution < 1.29 is 5.11 Å². The SMILES string of the molecule is Cc1nc(-c2cc3cc(O)ccc3[nH]2)sc1N. The van der Waals surface area contributed by atoms with Gasteiger partial charge in [0.05, 0.1) is 11.4 Å². The Hall–Kier alpha value is -2.01. The van der Waals surface area contributed by atoms with E-state index in [1.165, 1.54) is 11.3 Å². The number of nitrogens with two attached hydrogens (primary N) is 1. The molecular formula is C12H11N3OS. The fraction of sp³-hybridized carbons (Fsp3) is 0.0833. The summed E-state index contributed by atoms with van der Waals surface area (Å²) in [7, 11) is 0. The number of aromatic nitrogens is 2. The molecule has 3 rings (SSSR count). The third-order valence-electron chi connectivity index (χ3n) is 2.67. The number of nitrogen functional groups attached to an aromatic ring is 1. The quantitative estimate of drug-likeness (QED) is 0.617. The van der Waals surface area contributed by atoms with E-state index in [2.05, 4.69) is 9.97 Å². The van der Waals surface area contributed by atoms with Crippen LogP contribution < -0.4 is 5.73 Å². The van der Waals surface area contributed by atoms with Crippen molar-refractivity contribution in [3.63, 3.8) is 0 Å². The molecule has 0 aliphatic carbocycles. The van der Waals surface area contributed by atoms with Crippen LogP contribution in [0.3, 0.4) is 0 Å². The van der Waals surface area contributed by atoms with Gasteiger partial charge in [-0.15, -0.1) is 0 Å². The second-order valence-electron chi connectivity index (χ2n) is 3.92. The molecule has 0 aliphatic heterocycles. The first-order chi connectivity index (χ1) is 8.13. The number of H-pyrrole nitrogens is 1. The highest BCUT2D eigenvalue weighted by atomic mass is 32.1. The van der Waals surface area contributed by atoms with Crippen LogP contribution in [-0.2, 0) is 0 Å². The summed E-state index contributed by atoms with van der Waals surface area (Å²) in [5, 5.41) is 12.0. The molecular weight excluding hydrogens is 234 g/mol. The largest absolute Gasteiger partial charge is 0.508 e. The van der Waals surface area contributed by atoms with Crippen molar-refractivity contribution in [1.29, 1.82) is 0 Å². The van der Waals surface area contributed by atoms with Gasteiger partial charge < -0.3 is 15.8 Å². The van der Waals surface area contributed by atoms with E-state index in [9.17, 15) is 5.11 Å². The molecule has 0 bridgehead atoms. The highest BCUT2D eigenvalue weighted by molar-refractivity contribution is 7.18. The van der Waals surface area contributed by atoms with Gasteiger partial charge in [0.15, 0.2) is 0 Å². The standard InChI is InChI=1S/C12H11N3OS/c1-6-11(13)17-12(14-6)10-5-7-4-8(16)2-3-9(7)15-10/h2-5,15-16H,13H2,1H3. The molecule has 0 aliphatic rings. The van der Waals surface area contributed by atoms with Gasteiger partial charge in [-0.2, -0.15) is 0 Å². The minimum absolute atomic E-state index is 0.262. The highest BCUT2D eigenvalue weighted by Gasteiger charge is 2.09. The smallest absolute Gasteiger partial charge is 0.141 e. The summed E-state index contributed by atoms with van der Waals surface area (Å²) in [6.45, 7) is 1.89. The van der Waals surface area contributed by atoms with Gasteiger partial charge in [-0.05, 0) is 31.2 Å². The number of hydrogen-bond donors (Lipinski definition) is 3. The third kappa shape index (κ3) is 1.64. The Morgan fingerprint density at radius 2 is 2.18 bits per heavy atom. The Balaban J connectivity index is 2.17. The van der Waals surface area contributed by atoms with Gasteiger partial charge in [0.2, 0.25) is 0 Å². The fourth-order valence-corrected chi connectivity index (χ4v) is 2.56. The van der Waals surface area contributed by atoms with Gasteiger partial charge in [0, 0.05) is 10.9 Å². The fourth-order valence-electron chi connectivity index (χ4n) is 1.76. The molecule has 0 radical (unpaired) electrons. The Morgan fingerprint density at radius 3 is 2.88 bits per heavy atom. The Bertz CT molecular complexity index is 679. The molecule has 0 fully saturated rings. The van der Waals surface area contributed by atoms with Crippen LogP contribution in [0.25, 0.3) is 21.6 Å². The molecule has 17 heavy (non-hydrogen) atoms. The topological polar surface area (TPSA) is 74.9 Å². The molecule has 0 unspecified atom stereocenters. The van der Waals surface area contributed by atoms with Gasteiger partial charge in [-0.1, -0.05) is 11.3 Å². The predicted molar refractivity (Wildman–Crippen MR) is 70.2 cm³/mol. The lowest BCUT2D eigenvalue weighted by molar-refractivity contribution is 0.476. The summed E-state index contributed by atoms with van der Waals surface area (Å²) in [5.74, 6) is 0.262. The number of aryl methyl sites for hydroxylation is 1. The van der Waals surface area contributed by atoms with Gasteiger partial charge in [-0.25, -0.2) is 4.98 Å². The van der Waals surface area contributed by atoms with E-state index < -0.39 is 0 Å². The summed E-state index contributed by atoms with van der Waals surface area (Å²) in [6, 6.07) is 7.19. The van der Waals surface area contributed by atoms with Crippen LogP contribution >= 0.6 is 11.3 Å². The number of aromatic amines is 1. The molecule has 0 saturated carbocycles. The first-order valence-electron chi connectivity index (χ1n) is 5.18. The third-order valence-corrected chi connectivity index (χ3v) is 3.69. The zero-order valence-electron chi connectivity index (χ0n) is 9.19. The average molecular weight is 245 g/mol. The number of phenols is 1. The van der Waals surface area contributed by atoms with Crippen LogP contribution in [0.5, 0.6) is 5.75 Å². The molecule has 3 aromatic rings. The minimum Gasteiger partial charge on any atom is -0.508 e. The second kappa shape index (κ2) is 3.49. The number of hydrogen-bond acceptors (Lipinski definition) is 4. The minimum atomic E-state index is 0.262. The molecule has 5 heteroatoms. The Labute approximate surface area is 102 Å². The maximum Gasteiger partial charge on any atom is 0.141 e. The number of fused-ring (bicyclic) bond motifs is 1. The number of nitrogens with zero attached hydrogens (tertiary/aromatic N) is 1. The molecule has 86 valence electrons. The lowest BCUT2D eigenvalue weighted by Gasteiger charge is -1.90. The van der Waals surface area contributed by atoms with E-state index in [-0.39, 0.29) is 5.75 Å². The number of aromatic hydroxyl groups is 1. The van der Waals surface area contributed by atoms with Gasteiger partial charge in [0.1, 0.15) is 15.8 Å². The number of benzene rings is 1. The highest BCUT2D eigenvalue weighted by Crippen LogP contribution is 2.31. The van der Waals surface area contributed by atoms with Crippen molar-refractivity contribution in [1.82, 2.24) is 9.97 Å². The molecule has 0 saturated heterocycles. The summed E-state index contributed by atoms with van der Waals surface area (Å²) >= 11 is 1.46. The normalized spacial score (nSPS) is 11.1. The summed E-state index contributed by atoms with van der Waals surface area (Å²) in [6.07, 6.45) is 0. The number of anilines is 1. The predicted octanol–water partition coefficient (Wildman–Crippen LogP) is 2.89. The van der Waals surface area contributed by atoms with Crippen molar-refractivity contribution in [2.75, 3.05) is 5.73 Å². The zero-order valence-corrected chi connectivity index (χ0v) is 10.0. The number of phenolic OH excluding ortho intramolecular Hbond substituents is 1. The van der Waals surface area contributed by atoms with Crippen LogP contribution in [0.1, 0.15) is 5.69 Å². The van der Waals surface area contributed by atoms with E-state index >= 15 is 0 Å². The molecule has 4 nitrogen and oxygen atoms in total. The van der Waals surface area contributed by atoms with Crippen molar-refractivity contribution >= 4 is 27.2 Å². The Morgan fingerprint density at radius 1 is 1.35 bits per heavy atom. The molecule has 4 N–H and O–H groups in total. The Kier molecular flexibility index (Phi) is 2.09.